The molecule has 1 aromatic heterocycles. The smallest absolute Gasteiger partial charge is 0.135 e. The van der Waals surface area contributed by atoms with Gasteiger partial charge in [0.25, 0.3) is 0 Å². The van der Waals surface area contributed by atoms with Gasteiger partial charge in [0.05, 0.1) is 38.6 Å². The Labute approximate surface area is 181 Å². The maximum atomic E-state index is 5.62. The number of benzene rings is 3. The lowest BCUT2D eigenvalue weighted by Gasteiger charge is -2.15. The van der Waals surface area contributed by atoms with Gasteiger partial charge in [-0.1, -0.05) is 24.3 Å². The molecule has 1 N–H and O–H groups in total. The number of para-hydroxylation sites is 1. The molecule has 1 atom stereocenters. The van der Waals surface area contributed by atoms with Gasteiger partial charge in [-0.25, -0.2) is 0 Å². The number of fused-ring (bicyclic) bond motifs is 3. The highest BCUT2D eigenvalue weighted by molar-refractivity contribution is 6.09. The van der Waals surface area contributed by atoms with Crippen molar-refractivity contribution >= 4 is 27.5 Å². The van der Waals surface area contributed by atoms with E-state index in [0.29, 0.717) is 17.2 Å². The summed E-state index contributed by atoms with van der Waals surface area (Å²) in [6.45, 7) is 0. The van der Waals surface area contributed by atoms with Crippen molar-refractivity contribution in [3.05, 3.63) is 65.7 Å². The number of nitrogens with one attached hydrogen (secondary N) is 1. The molecule has 0 saturated carbocycles. The molecule has 1 unspecified atom stereocenters. The largest absolute Gasteiger partial charge is 0.496 e. The zero-order valence-electron chi connectivity index (χ0n) is 18.1. The molecule has 0 saturated heterocycles. The van der Waals surface area contributed by atoms with Crippen LogP contribution in [0.2, 0.25) is 0 Å². The highest BCUT2D eigenvalue weighted by Gasteiger charge is 2.27. The second kappa shape index (κ2) is 7.54. The topological polar surface area (TPSA) is 57.0 Å². The lowest BCUT2D eigenvalue weighted by molar-refractivity contribution is 0.374. The summed E-state index contributed by atoms with van der Waals surface area (Å²) in [4.78, 5) is 0. The first kappa shape index (κ1) is 19.3. The van der Waals surface area contributed by atoms with Gasteiger partial charge in [0.1, 0.15) is 17.2 Å². The van der Waals surface area contributed by atoms with Gasteiger partial charge in [-0.3, -0.25) is 0 Å². The summed E-state index contributed by atoms with van der Waals surface area (Å²) >= 11 is 0. The molecule has 5 rings (SSSR count). The number of ether oxygens (including phenoxy) is 3. The van der Waals surface area contributed by atoms with Crippen molar-refractivity contribution < 1.29 is 14.2 Å². The molecule has 4 aromatic rings. The number of methoxy groups -OCH3 is 3. The second-order valence-electron chi connectivity index (χ2n) is 7.70. The predicted molar refractivity (Wildman–Crippen MR) is 124 cm³/mol. The Morgan fingerprint density at radius 1 is 0.871 bits per heavy atom. The van der Waals surface area contributed by atoms with Gasteiger partial charge in [0.2, 0.25) is 0 Å². The van der Waals surface area contributed by atoms with Gasteiger partial charge in [0.15, 0.2) is 0 Å². The summed E-state index contributed by atoms with van der Waals surface area (Å²) in [5.41, 5.74) is 8.73. The molecule has 158 valence electrons. The van der Waals surface area contributed by atoms with Gasteiger partial charge in [0, 0.05) is 47.4 Å². The van der Waals surface area contributed by atoms with Crippen molar-refractivity contribution in [2.75, 3.05) is 21.3 Å². The van der Waals surface area contributed by atoms with Crippen LogP contribution in [0.5, 0.6) is 17.2 Å². The van der Waals surface area contributed by atoms with E-state index in [4.69, 9.17) is 14.2 Å². The number of hydrogen-bond acceptors (Lipinski definition) is 5. The summed E-state index contributed by atoms with van der Waals surface area (Å²) < 4.78 is 18.9. The maximum Gasteiger partial charge on any atom is 0.135 e. The number of hydrazone groups is 1. The monoisotopic (exact) mass is 415 g/mol. The molecule has 0 aliphatic carbocycles. The van der Waals surface area contributed by atoms with Gasteiger partial charge in [-0.15, -0.1) is 0 Å². The van der Waals surface area contributed by atoms with Gasteiger partial charge >= 0.3 is 0 Å². The van der Waals surface area contributed by atoms with Crippen LogP contribution in [0.3, 0.4) is 0 Å². The van der Waals surface area contributed by atoms with E-state index in [1.54, 1.807) is 21.3 Å². The van der Waals surface area contributed by atoms with Crippen LogP contribution in [0.15, 0.2) is 59.7 Å². The number of aryl methyl sites for hydroxylation is 1. The normalized spacial score (nSPS) is 15.7. The zero-order chi connectivity index (χ0) is 21.5. The summed E-state index contributed by atoms with van der Waals surface area (Å²) in [6, 6.07) is 18.9. The van der Waals surface area contributed by atoms with Crippen molar-refractivity contribution in [3.63, 3.8) is 0 Å². The van der Waals surface area contributed by atoms with E-state index in [9.17, 15) is 0 Å². The average Bonchev–Trinajstić information content (AvgIpc) is 3.41. The minimum Gasteiger partial charge on any atom is -0.496 e. The molecule has 0 fully saturated rings. The van der Waals surface area contributed by atoms with Crippen molar-refractivity contribution in [2.45, 2.75) is 12.5 Å². The van der Waals surface area contributed by atoms with Crippen molar-refractivity contribution in [3.8, 4) is 17.2 Å². The molecule has 3 aromatic carbocycles. The molecule has 0 radical (unpaired) electrons. The van der Waals surface area contributed by atoms with E-state index in [1.807, 2.05) is 12.1 Å². The third-order valence-electron chi connectivity index (χ3n) is 6.10. The Morgan fingerprint density at radius 3 is 2.29 bits per heavy atom. The molecule has 1 aliphatic rings. The van der Waals surface area contributed by atoms with Crippen molar-refractivity contribution in [1.29, 1.82) is 0 Å². The van der Waals surface area contributed by atoms with Crippen LogP contribution in [-0.2, 0) is 7.05 Å². The van der Waals surface area contributed by atoms with E-state index < -0.39 is 0 Å². The summed E-state index contributed by atoms with van der Waals surface area (Å²) in [5, 5.41) is 7.16. The highest BCUT2D eigenvalue weighted by Crippen LogP contribution is 2.38. The molecular weight excluding hydrogens is 390 g/mol. The molecule has 6 nitrogen and oxygen atoms in total. The Bertz CT molecular complexity index is 1300. The molecule has 31 heavy (non-hydrogen) atoms. The quantitative estimate of drug-likeness (QED) is 0.509. The summed E-state index contributed by atoms with van der Waals surface area (Å²) in [7, 11) is 7.03. The minimum atomic E-state index is 0.0786. The van der Waals surface area contributed by atoms with E-state index in [0.717, 1.165) is 17.7 Å². The molecule has 0 bridgehead atoms. The Balaban J connectivity index is 1.51. The Hall–Kier alpha value is -3.67. The predicted octanol–water partition coefficient (Wildman–Crippen LogP) is 4.80. The van der Waals surface area contributed by atoms with Crippen LogP contribution < -0.4 is 19.6 Å². The van der Waals surface area contributed by atoms with E-state index in [-0.39, 0.29) is 6.04 Å². The minimum absolute atomic E-state index is 0.0786. The van der Waals surface area contributed by atoms with Crippen LogP contribution in [0, 0.1) is 0 Å². The van der Waals surface area contributed by atoms with Crippen LogP contribution in [0.1, 0.15) is 23.6 Å². The van der Waals surface area contributed by atoms with Crippen LogP contribution >= 0.6 is 0 Å². The molecular formula is C25H25N3O3. The lowest BCUT2D eigenvalue weighted by Crippen LogP contribution is -2.10. The SMILES string of the molecule is COc1cc(OC)c(C2=NNC(c3ccc4c(c3)c3ccccc3n4C)C2)c(OC)c1. The maximum absolute atomic E-state index is 5.62. The number of rotatable bonds is 5. The molecule has 0 amide bonds. The molecule has 2 heterocycles. The molecule has 1 aliphatic heterocycles. The summed E-state index contributed by atoms with van der Waals surface area (Å²) in [5.74, 6) is 2.05. The number of nitrogens with zero attached hydrogens (tertiary/aromatic N) is 2. The molecule has 0 spiro atoms. The van der Waals surface area contributed by atoms with Gasteiger partial charge < -0.3 is 24.2 Å². The summed E-state index contributed by atoms with van der Waals surface area (Å²) in [6.07, 6.45) is 0.731. The average molecular weight is 415 g/mol. The first-order chi connectivity index (χ1) is 15.1. The van der Waals surface area contributed by atoms with E-state index >= 15 is 0 Å². The van der Waals surface area contributed by atoms with E-state index in [2.05, 4.69) is 64.6 Å². The van der Waals surface area contributed by atoms with Crippen LogP contribution in [0.4, 0.5) is 0 Å². The first-order valence-corrected chi connectivity index (χ1v) is 10.2. The van der Waals surface area contributed by atoms with Crippen molar-refractivity contribution in [2.24, 2.45) is 12.1 Å². The third-order valence-corrected chi connectivity index (χ3v) is 6.10. The number of aromatic nitrogens is 1. The fourth-order valence-electron chi connectivity index (χ4n) is 4.48. The van der Waals surface area contributed by atoms with Crippen LogP contribution in [-0.4, -0.2) is 31.6 Å². The lowest BCUT2D eigenvalue weighted by atomic mass is 9.96. The second-order valence-corrected chi connectivity index (χ2v) is 7.70. The Morgan fingerprint density at radius 2 is 1.58 bits per heavy atom. The first-order valence-electron chi connectivity index (χ1n) is 10.2. The van der Waals surface area contributed by atoms with E-state index in [1.165, 1.54) is 27.4 Å². The highest BCUT2D eigenvalue weighted by atomic mass is 16.5. The van der Waals surface area contributed by atoms with Crippen molar-refractivity contribution in [1.82, 2.24) is 9.99 Å². The number of hydrogen-bond donors (Lipinski definition) is 1. The molecule has 6 heteroatoms. The zero-order valence-corrected chi connectivity index (χ0v) is 18.1. The fraction of sp³-hybridized carbons (Fsp3) is 0.240. The van der Waals surface area contributed by atoms with Gasteiger partial charge in [-0.05, 0) is 23.8 Å². The third kappa shape index (κ3) is 3.06. The van der Waals surface area contributed by atoms with Crippen LogP contribution in [0.25, 0.3) is 21.8 Å². The van der Waals surface area contributed by atoms with Gasteiger partial charge in [-0.2, -0.15) is 5.10 Å². The standard InChI is InChI=1S/C25H25N3O3/c1-28-21-8-6-5-7-17(21)18-11-15(9-10-22(18)28)19-14-20(27-26-19)25-23(30-3)12-16(29-2)13-24(25)31-4/h5-13,19,26H,14H2,1-4H3. The Kier molecular flexibility index (Phi) is 4.70. The fourth-order valence-corrected chi connectivity index (χ4v) is 4.48.